The normalized spacial score (nSPS) is 25.0. The molecule has 5 heterocycles. The summed E-state index contributed by atoms with van der Waals surface area (Å²) in [5.74, 6) is 1.28. The van der Waals surface area contributed by atoms with Crippen LogP contribution in [0.1, 0.15) is 87.5 Å². The van der Waals surface area contributed by atoms with Crippen molar-refractivity contribution in [1.29, 1.82) is 0 Å². The van der Waals surface area contributed by atoms with Gasteiger partial charge in [-0.3, -0.25) is 14.4 Å². The van der Waals surface area contributed by atoms with Gasteiger partial charge in [0.05, 0.1) is 18.8 Å². The van der Waals surface area contributed by atoms with E-state index in [0.29, 0.717) is 68.7 Å². The Morgan fingerprint density at radius 2 is 1.55 bits per heavy atom. The number of H-pyrrole nitrogens is 1. The van der Waals surface area contributed by atoms with E-state index in [4.69, 9.17) is 25.5 Å². The van der Waals surface area contributed by atoms with Crippen molar-refractivity contribution in [3.05, 3.63) is 125 Å². The van der Waals surface area contributed by atoms with Crippen molar-refractivity contribution in [2.45, 2.75) is 75.2 Å². The number of aromatic nitrogens is 1. The fraction of sp³-hybridized carbons (Fsp3) is 0.408. The summed E-state index contributed by atoms with van der Waals surface area (Å²) < 4.78 is 19.5. The molecule has 3 amide bonds. The van der Waals surface area contributed by atoms with Crippen molar-refractivity contribution < 1.29 is 28.4 Å². The van der Waals surface area contributed by atoms with Gasteiger partial charge < -0.3 is 45.6 Å². The number of ether oxygens (including phenoxy) is 1. The maximum absolute atomic E-state index is 14.0. The molecule has 4 aromatic carbocycles. The number of carbonyl (C=O) groups is 3. The average molecular weight is 833 g/mol. The lowest BCUT2D eigenvalue weighted by molar-refractivity contribution is -0.123. The van der Waals surface area contributed by atoms with Crippen LogP contribution in [0.15, 0.2) is 91.0 Å². The van der Waals surface area contributed by atoms with Crippen LogP contribution in [0.4, 0.5) is 5.69 Å². The minimum atomic E-state index is -0.598. The molecule has 5 fully saturated rings. The first-order chi connectivity index (χ1) is 30.3. The Balaban J connectivity index is 0.717. The topological polar surface area (TPSA) is 165 Å². The van der Waals surface area contributed by atoms with Crippen LogP contribution in [0.3, 0.4) is 0 Å². The maximum Gasteiger partial charge on any atom is 0.495 e. The molecule has 62 heavy (non-hydrogen) atoms. The van der Waals surface area contributed by atoms with Crippen LogP contribution < -0.4 is 27.0 Å². The molecule has 6 N–H and O–H groups in total. The Kier molecular flexibility index (Phi) is 9.98. The molecule has 2 bridgehead atoms. The smallest absolute Gasteiger partial charge is 0.492 e. The minimum absolute atomic E-state index is 0.0118. The highest BCUT2D eigenvalue weighted by Crippen LogP contribution is 2.54. The van der Waals surface area contributed by atoms with E-state index < -0.39 is 7.12 Å². The number of nitrogens with two attached hydrogens (primary N) is 2. The molecule has 0 unspecified atom stereocenters. The quantitative estimate of drug-likeness (QED) is 0.150. The molecule has 2 saturated carbocycles. The number of likely N-dealkylation sites (tertiary alicyclic amines) is 2. The van der Waals surface area contributed by atoms with E-state index in [1.807, 2.05) is 64.4 Å². The number of nitrogens with zero attached hydrogens (tertiary/aromatic N) is 2. The summed E-state index contributed by atoms with van der Waals surface area (Å²) in [6.45, 7) is 4.29. The van der Waals surface area contributed by atoms with E-state index in [9.17, 15) is 14.4 Å². The number of amides is 3. The van der Waals surface area contributed by atoms with Gasteiger partial charge >= 0.3 is 7.12 Å². The summed E-state index contributed by atoms with van der Waals surface area (Å²) >= 11 is 0. The number of anilines is 1. The van der Waals surface area contributed by atoms with Gasteiger partial charge in [0.2, 0.25) is 5.91 Å². The molecule has 3 saturated heterocycles. The minimum Gasteiger partial charge on any atom is -0.492 e. The van der Waals surface area contributed by atoms with Gasteiger partial charge in [-0.1, -0.05) is 54.6 Å². The number of benzene rings is 4. The van der Waals surface area contributed by atoms with Crippen LogP contribution in [0, 0.1) is 17.8 Å². The fourth-order valence-electron chi connectivity index (χ4n) is 11.7. The number of hydrogen-bond acceptors (Lipinski definition) is 8. The second-order valence-corrected chi connectivity index (χ2v) is 18.5. The maximum atomic E-state index is 14.0. The number of piperidine rings is 2. The Morgan fingerprint density at radius 3 is 2.37 bits per heavy atom. The largest absolute Gasteiger partial charge is 0.495 e. The van der Waals surface area contributed by atoms with Crippen molar-refractivity contribution >= 4 is 46.9 Å². The third-order valence-electron chi connectivity index (χ3n) is 15.1. The average Bonchev–Trinajstić information content (AvgIpc) is 4.17. The van der Waals surface area contributed by atoms with E-state index in [-0.39, 0.29) is 53.1 Å². The molecule has 5 aromatic rings. The molecule has 6 aliphatic rings. The van der Waals surface area contributed by atoms with E-state index in [0.717, 1.165) is 71.8 Å². The van der Waals surface area contributed by atoms with E-state index in [1.54, 1.807) is 6.07 Å². The molecular weight excluding hydrogens is 779 g/mol. The van der Waals surface area contributed by atoms with Crippen molar-refractivity contribution in [3.63, 3.8) is 0 Å². The molecule has 4 aliphatic heterocycles. The number of rotatable bonds is 8. The van der Waals surface area contributed by atoms with Gasteiger partial charge in [0, 0.05) is 72.9 Å². The molecule has 1 aromatic heterocycles. The van der Waals surface area contributed by atoms with Gasteiger partial charge in [0.25, 0.3) is 11.8 Å². The summed E-state index contributed by atoms with van der Waals surface area (Å²) in [5, 5.41) is 4.05. The second-order valence-electron chi connectivity index (χ2n) is 18.5. The predicted octanol–water partition coefficient (Wildman–Crippen LogP) is 5.45. The number of nitrogens with one attached hydrogen (secondary N) is 2. The highest BCUT2D eigenvalue weighted by molar-refractivity contribution is 6.65. The molecule has 318 valence electrons. The Morgan fingerprint density at radius 1 is 0.790 bits per heavy atom. The zero-order valence-corrected chi connectivity index (χ0v) is 34.9. The van der Waals surface area contributed by atoms with E-state index >= 15 is 0 Å². The summed E-state index contributed by atoms with van der Waals surface area (Å²) in [7, 11) is -0.598. The Bertz CT molecular complexity index is 2560. The first kappa shape index (κ1) is 39.4. The molecule has 0 radical (unpaired) electrons. The van der Waals surface area contributed by atoms with Gasteiger partial charge in [-0.25, -0.2) is 0 Å². The highest BCUT2D eigenvalue weighted by Gasteiger charge is 2.61. The molecule has 1 spiro atoms. The third-order valence-corrected chi connectivity index (χ3v) is 15.1. The lowest BCUT2D eigenvalue weighted by Crippen LogP contribution is -2.46. The van der Waals surface area contributed by atoms with Crippen molar-refractivity contribution in [3.8, 4) is 5.75 Å². The van der Waals surface area contributed by atoms with Crippen molar-refractivity contribution in [2.24, 2.45) is 29.2 Å². The Hall–Kier alpha value is -5.47. The molecule has 13 heteroatoms. The molecular formula is C49H53BN6O6. The standard InChI is InChI=1S/C49H53BN6O6/c51-26-29-4-1-5-32(20-29)31-12-16-55(17-13-31)47(58)33-6-2-7-35(22-33)53-46(57)37-24-34-23-36(37)45-44(34)61-50(62-45)40-8-3-9-41-38(40)25-42(54-41)48(59)56-18-14-49(15-19-56)28-60-43-11-10-30(27-52)21-39(43)49/h1-11,20-22,25,31,34,36-37,44-45,54H,12-19,23-24,26-28,51-52H2,(H,53,57)/t34-,36+,37+,44+,45-/m0/s1. The predicted molar refractivity (Wildman–Crippen MR) is 237 cm³/mol. The summed E-state index contributed by atoms with van der Waals surface area (Å²) in [6.07, 6.45) is 4.77. The van der Waals surface area contributed by atoms with E-state index in [2.05, 4.69) is 40.6 Å². The lowest BCUT2D eigenvalue weighted by atomic mass is 9.74. The fourth-order valence-corrected chi connectivity index (χ4v) is 11.7. The number of fused-ring (bicyclic) bond motifs is 8. The van der Waals surface area contributed by atoms with Gasteiger partial charge in [-0.05, 0) is 120 Å². The number of carbonyl (C=O) groups excluding carboxylic acids is 3. The van der Waals surface area contributed by atoms with Gasteiger partial charge in [0.1, 0.15) is 11.4 Å². The van der Waals surface area contributed by atoms with Crippen LogP contribution in [-0.4, -0.2) is 84.6 Å². The van der Waals surface area contributed by atoms with Crippen LogP contribution in [0.5, 0.6) is 5.75 Å². The second kappa shape index (κ2) is 15.7. The summed E-state index contributed by atoms with van der Waals surface area (Å²) in [4.78, 5) is 48.8. The third kappa shape index (κ3) is 6.81. The Labute approximate surface area is 361 Å². The zero-order chi connectivity index (χ0) is 42.1. The van der Waals surface area contributed by atoms with E-state index in [1.165, 1.54) is 11.1 Å². The molecule has 5 atom stereocenters. The van der Waals surface area contributed by atoms with Crippen LogP contribution in [0.2, 0.25) is 0 Å². The van der Waals surface area contributed by atoms with Crippen LogP contribution >= 0.6 is 0 Å². The van der Waals surface area contributed by atoms with Crippen LogP contribution in [-0.2, 0) is 32.6 Å². The number of hydrogen-bond donors (Lipinski definition) is 4. The van der Waals surface area contributed by atoms with Crippen LogP contribution in [0.25, 0.3) is 10.9 Å². The first-order valence-electron chi connectivity index (χ1n) is 22.4. The summed E-state index contributed by atoms with van der Waals surface area (Å²) in [6, 6.07) is 29.9. The van der Waals surface area contributed by atoms with Gasteiger partial charge in [-0.2, -0.15) is 0 Å². The van der Waals surface area contributed by atoms with Crippen molar-refractivity contribution in [1.82, 2.24) is 14.8 Å². The zero-order valence-electron chi connectivity index (χ0n) is 34.9. The SMILES string of the molecule is NCc1cccc(C2CCN(C(=O)c3cccc(NC(=O)[C@@H]4C[C@@H]5C[C@H]4[C@@H]4OB(c6cccc7[nH]c(C(=O)N8CCC9(CC8)COc8ccc(CN)cc89)cc67)O[C@H]54)c3)CC2)c1. The molecule has 12 nitrogen and oxygen atoms in total. The highest BCUT2D eigenvalue weighted by atomic mass is 16.7. The van der Waals surface area contributed by atoms with Gasteiger partial charge in [-0.15, -0.1) is 0 Å². The van der Waals surface area contributed by atoms with Crippen molar-refractivity contribution in [2.75, 3.05) is 38.1 Å². The molecule has 11 rings (SSSR count). The number of aromatic amines is 1. The lowest BCUT2D eigenvalue weighted by Gasteiger charge is -2.38. The molecule has 2 aliphatic carbocycles. The van der Waals surface area contributed by atoms with Gasteiger partial charge in [0.15, 0.2) is 0 Å². The monoisotopic (exact) mass is 832 g/mol. The first-order valence-corrected chi connectivity index (χ1v) is 22.4. The summed E-state index contributed by atoms with van der Waals surface area (Å²) in [5.41, 5.74) is 20.0.